The van der Waals surface area contributed by atoms with Gasteiger partial charge in [-0.15, -0.1) is 0 Å². The van der Waals surface area contributed by atoms with Crippen molar-refractivity contribution in [2.75, 3.05) is 12.4 Å². The third-order valence-corrected chi connectivity index (χ3v) is 7.46. The molecular weight excluding hydrogens is 465 g/mol. The Labute approximate surface area is 199 Å². The van der Waals surface area contributed by atoms with Crippen LogP contribution in [0.1, 0.15) is 49.4 Å². The highest BCUT2D eigenvalue weighted by atomic mass is 35.5. The molecule has 180 valence electrons. The summed E-state index contributed by atoms with van der Waals surface area (Å²) in [6.07, 6.45) is 4.76. The van der Waals surface area contributed by atoms with Gasteiger partial charge < -0.3 is 20.1 Å². The maximum atomic E-state index is 15.2. The molecule has 0 aliphatic heterocycles. The molecule has 0 spiro atoms. The molecule has 0 saturated heterocycles. The summed E-state index contributed by atoms with van der Waals surface area (Å²) < 4.78 is 27.5. The summed E-state index contributed by atoms with van der Waals surface area (Å²) in [4.78, 5) is 21.0. The van der Waals surface area contributed by atoms with Gasteiger partial charge in [-0.3, -0.25) is 9.50 Å². The smallest absolute Gasteiger partial charge is 0.407 e. The maximum absolute atomic E-state index is 15.2. The molecule has 4 saturated carbocycles. The predicted octanol–water partition coefficient (Wildman–Crippen LogP) is 3.86. The molecule has 3 heterocycles. The third-order valence-electron chi connectivity index (χ3n) is 7.19. The third kappa shape index (κ3) is 3.67. The molecule has 4 aliphatic carbocycles. The molecular formula is C22H25ClFN7O3. The average Bonchev–Trinajstić information content (AvgIpc) is 3.47. The van der Waals surface area contributed by atoms with Crippen LogP contribution >= 0.6 is 11.6 Å². The lowest BCUT2D eigenvalue weighted by Gasteiger charge is -2.61. The topological polar surface area (TPSA) is 118 Å². The van der Waals surface area contributed by atoms with Gasteiger partial charge >= 0.3 is 6.09 Å². The van der Waals surface area contributed by atoms with Gasteiger partial charge in [-0.25, -0.2) is 19.2 Å². The molecule has 0 radical (unpaired) electrons. The van der Waals surface area contributed by atoms with E-state index in [2.05, 4.69) is 30.8 Å². The van der Waals surface area contributed by atoms with Gasteiger partial charge in [0.15, 0.2) is 11.5 Å². The number of anilines is 2. The minimum absolute atomic E-state index is 0.0871. The van der Waals surface area contributed by atoms with Crippen molar-refractivity contribution in [3.63, 3.8) is 0 Å². The van der Waals surface area contributed by atoms with E-state index >= 15 is 4.39 Å². The number of carbonyl (C=O) groups is 1. The first kappa shape index (κ1) is 21.6. The summed E-state index contributed by atoms with van der Waals surface area (Å²) >= 11 is 6.23. The van der Waals surface area contributed by atoms with E-state index in [1.807, 2.05) is 0 Å². The van der Waals surface area contributed by atoms with Crippen molar-refractivity contribution >= 4 is 35.1 Å². The van der Waals surface area contributed by atoms with E-state index in [0.29, 0.717) is 53.3 Å². The van der Waals surface area contributed by atoms with Crippen molar-refractivity contribution < 1.29 is 18.7 Å². The molecule has 3 aromatic heterocycles. The van der Waals surface area contributed by atoms with Crippen molar-refractivity contribution in [2.45, 2.75) is 62.4 Å². The molecule has 3 atom stereocenters. The molecule has 34 heavy (non-hydrogen) atoms. The first-order valence-corrected chi connectivity index (χ1v) is 11.8. The second kappa shape index (κ2) is 8.09. The zero-order chi connectivity index (χ0) is 23.4. The Morgan fingerprint density at radius 2 is 2.21 bits per heavy atom. The first-order chi connectivity index (χ1) is 16.4. The van der Waals surface area contributed by atoms with Gasteiger partial charge in [0, 0.05) is 36.5 Å². The second-order valence-corrected chi connectivity index (χ2v) is 9.99. The van der Waals surface area contributed by atoms with Gasteiger partial charge in [-0.2, -0.15) is 5.10 Å². The number of nitrogens with zero attached hydrogens (tertiary/aromatic N) is 4. The van der Waals surface area contributed by atoms with Crippen molar-refractivity contribution in [3.05, 3.63) is 34.9 Å². The summed E-state index contributed by atoms with van der Waals surface area (Å²) in [5.74, 6) is 1.25. The standard InChI is InChI=1S/C22H25ClFN7O3/c1-33-10-12-9-31-19(26-12)14(23)8-25-20(31)27-17-4-15(29-30-17)13-2-3-16(18(13)24)34-21(32)28-22-5-11(6-22)7-22/h4,8-9,11,13,16,18H,2-3,5-7,10H2,1H3,(H,28,32)(H2,25,27,29,30)/t11?,13-,16-,18+,22?/m1/s1. The van der Waals surface area contributed by atoms with Gasteiger partial charge in [0.05, 0.1) is 18.5 Å². The van der Waals surface area contributed by atoms with Crippen molar-refractivity contribution in [2.24, 2.45) is 5.92 Å². The van der Waals surface area contributed by atoms with Gasteiger partial charge in [-0.1, -0.05) is 11.6 Å². The fourth-order valence-electron chi connectivity index (χ4n) is 5.40. The number of hydrogen-bond donors (Lipinski definition) is 3. The highest BCUT2D eigenvalue weighted by molar-refractivity contribution is 6.33. The Morgan fingerprint density at radius 1 is 1.38 bits per heavy atom. The largest absolute Gasteiger partial charge is 0.443 e. The highest BCUT2D eigenvalue weighted by Gasteiger charge is 2.58. The minimum Gasteiger partial charge on any atom is -0.443 e. The number of alkyl carbamates (subject to hydrolysis) is 1. The number of H-pyrrole nitrogens is 1. The summed E-state index contributed by atoms with van der Waals surface area (Å²) in [5, 5.41) is 13.6. The highest BCUT2D eigenvalue weighted by Crippen LogP contribution is 2.57. The molecule has 3 aromatic rings. The number of hydrogen-bond acceptors (Lipinski definition) is 7. The number of fused-ring (bicyclic) bond motifs is 1. The number of rotatable bonds is 7. The Bertz CT molecular complexity index is 1230. The van der Waals surface area contributed by atoms with Crippen LogP contribution in [-0.4, -0.2) is 55.6 Å². The molecule has 1 amide bonds. The Balaban J connectivity index is 1.12. The normalized spacial score (nSPS) is 29.5. The lowest BCUT2D eigenvalue weighted by molar-refractivity contribution is -0.0532. The van der Waals surface area contributed by atoms with Crippen molar-refractivity contribution in [1.29, 1.82) is 0 Å². The van der Waals surface area contributed by atoms with E-state index in [1.165, 1.54) is 6.20 Å². The van der Waals surface area contributed by atoms with Crippen LogP contribution in [0.5, 0.6) is 0 Å². The molecule has 10 nitrogen and oxygen atoms in total. The van der Waals surface area contributed by atoms with E-state index in [-0.39, 0.29) is 5.54 Å². The Morgan fingerprint density at radius 3 is 2.94 bits per heavy atom. The SMILES string of the molecule is COCc1cn2c(Nc3cc([C@H]4CC[C@@H](OC(=O)NC56CC(C5)C6)[C@H]4F)[nH]n3)ncc(Cl)c2n1. The fourth-order valence-corrected chi connectivity index (χ4v) is 5.58. The van der Waals surface area contributed by atoms with Crippen LogP contribution in [0.3, 0.4) is 0 Å². The zero-order valence-electron chi connectivity index (χ0n) is 18.6. The van der Waals surface area contributed by atoms with E-state index in [9.17, 15) is 4.79 Å². The number of ether oxygens (including phenoxy) is 2. The van der Waals surface area contributed by atoms with Crippen LogP contribution in [0.2, 0.25) is 5.02 Å². The monoisotopic (exact) mass is 489 g/mol. The van der Waals surface area contributed by atoms with Crippen LogP contribution in [0.15, 0.2) is 18.5 Å². The number of imidazole rings is 1. The van der Waals surface area contributed by atoms with Crippen molar-refractivity contribution in [3.8, 4) is 0 Å². The predicted molar refractivity (Wildman–Crippen MR) is 121 cm³/mol. The number of aromatic amines is 1. The number of amides is 1. The number of carbonyl (C=O) groups excluding carboxylic acids is 1. The lowest BCUT2D eigenvalue weighted by Crippen LogP contribution is -2.68. The molecule has 4 fully saturated rings. The van der Waals surface area contributed by atoms with Crippen molar-refractivity contribution in [1.82, 2.24) is 29.9 Å². The van der Waals surface area contributed by atoms with Crippen LogP contribution in [-0.2, 0) is 16.1 Å². The maximum Gasteiger partial charge on any atom is 0.407 e. The molecule has 3 N–H and O–H groups in total. The number of aromatic nitrogens is 5. The Hall–Kier alpha value is -2.92. The molecule has 4 aliphatic rings. The summed E-state index contributed by atoms with van der Waals surface area (Å²) in [5.41, 5.74) is 1.80. The zero-order valence-corrected chi connectivity index (χ0v) is 19.3. The van der Waals surface area contributed by atoms with Crippen LogP contribution in [0.4, 0.5) is 21.0 Å². The van der Waals surface area contributed by atoms with E-state index in [0.717, 1.165) is 25.2 Å². The number of halogens is 2. The molecule has 0 aromatic carbocycles. The minimum atomic E-state index is -1.31. The number of nitrogens with one attached hydrogen (secondary N) is 3. The Kier molecular flexibility index (Phi) is 5.14. The first-order valence-electron chi connectivity index (χ1n) is 11.4. The lowest BCUT2D eigenvalue weighted by atomic mass is 9.50. The van der Waals surface area contributed by atoms with E-state index in [1.54, 1.807) is 23.8 Å². The van der Waals surface area contributed by atoms with Gasteiger partial charge in [0.2, 0.25) is 5.95 Å². The molecule has 7 rings (SSSR count). The van der Waals surface area contributed by atoms with Crippen LogP contribution in [0.25, 0.3) is 5.65 Å². The fraction of sp³-hybridized carbons (Fsp3) is 0.545. The summed E-state index contributed by atoms with van der Waals surface area (Å²) in [6.45, 7) is 0.340. The van der Waals surface area contributed by atoms with E-state index < -0.39 is 24.3 Å². The average molecular weight is 490 g/mol. The number of alkyl halides is 1. The van der Waals surface area contributed by atoms with Gasteiger partial charge in [0.1, 0.15) is 17.3 Å². The van der Waals surface area contributed by atoms with Crippen LogP contribution < -0.4 is 10.6 Å². The summed E-state index contributed by atoms with van der Waals surface area (Å²) in [7, 11) is 1.59. The van der Waals surface area contributed by atoms with Gasteiger partial charge in [-0.05, 0) is 38.0 Å². The van der Waals surface area contributed by atoms with E-state index in [4.69, 9.17) is 21.1 Å². The molecule has 0 unspecified atom stereocenters. The van der Waals surface area contributed by atoms with Crippen LogP contribution in [0, 0.1) is 5.92 Å². The molecule has 2 bridgehead atoms. The molecule has 12 heteroatoms. The quantitative estimate of drug-likeness (QED) is 0.461. The summed E-state index contributed by atoms with van der Waals surface area (Å²) in [6, 6.07) is 1.75. The second-order valence-electron chi connectivity index (χ2n) is 9.58. The van der Waals surface area contributed by atoms with Gasteiger partial charge in [0.25, 0.3) is 0 Å². The number of methoxy groups -OCH3 is 1.